The van der Waals surface area contributed by atoms with E-state index in [1.807, 2.05) is 30.0 Å². The summed E-state index contributed by atoms with van der Waals surface area (Å²) in [5, 5.41) is 4.98. The minimum absolute atomic E-state index is 0. The molecule has 0 saturated carbocycles. The molecule has 5 nitrogen and oxygen atoms in total. The molecule has 0 unspecified atom stereocenters. The van der Waals surface area contributed by atoms with E-state index in [2.05, 4.69) is 39.9 Å². The zero-order chi connectivity index (χ0) is 17.9. The number of amides is 2. The molecule has 0 spiro atoms. The molecule has 2 amide bonds. The number of hydrogen-bond acceptors (Lipinski definition) is 4. The third kappa shape index (κ3) is 4.01. The number of pyridine rings is 1. The molecule has 0 aliphatic carbocycles. The largest absolute Gasteiger partial charge is 0.367 e. The van der Waals surface area contributed by atoms with Gasteiger partial charge in [0.25, 0.3) is 0 Å². The predicted octanol–water partition coefficient (Wildman–Crippen LogP) is 4.24. The van der Waals surface area contributed by atoms with E-state index in [0.29, 0.717) is 6.54 Å². The zero-order valence-electron chi connectivity index (χ0n) is 15.2. The van der Waals surface area contributed by atoms with E-state index in [-0.39, 0.29) is 18.4 Å². The van der Waals surface area contributed by atoms with Gasteiger partial charge in [-0.15, -0.1) is 23.7 Å². The van der Waals surface area contributed by atoms with E-state index in [9.17, 15) is 4.79 Å². The lowest BCUT2D eigenvalue weighted by Gasteiger charge is -2.36. The SMILES string of the molecule is CCNC(=O)N1CCN(c2cc(-c3ccccc3)nc3ccsc23)CC1.Cl. The van der Waals surface area contributed by atoms with Gasteiger partial charge in [-0.3, -0.25) is 0 Å². The highest BCUT2D eigenvalue weighted by Crippen LogP contribution is 2.34. The average Bonchev–Trinajstić information content (AvgIpc) is 3.17. The fraction of sp³-hybridized carbons (Fsp3) is 0.300. The van der Waals surface area contributed by atoms with Crippen LogP contribution in [0.15, 0.2) is 47.8 Å². The number of fused-ring (bicyclic) bond motifs is 1. The van der Waals surface area contributed by atoms with Crippen LogP contribution in [0.25, 0.3) is 21.5 Å². The first-order valence-corrected chi connectivity index (χ1v) is 9.85. The Bertz CT molecular complexity index is 907. The zero-order valence-corrected chi connectivity index (χ0v) is 16.9. The van der Waals surface area contributed by atoms with Gasteiger partial charge in [0.2, 0.25) is 0 Å². The van der Waals surface area contributed by atoms with Gasteiger partial charge in [0.15, 0.2) is 0 Å². The molecule has 0 atom stereocenters. The molecule has 4 rings (SSSR count). The molecule has 1 fully saturated rings. The van der Waals surface area contributed by atoms with Crippen LogP contribution in [-0.4, -0.2) is 48.6 Å². The van der Waals surface area contributed by atoms with Crippen molar-refractivity contribution in [3.8, 4) is 11.3 Å². The van der Waals surface area contributed by atoms with Crippen LogP contribution in [-0.2, 0) is 0 Å². The van der Waals surface area contributed by atoms with Gasteiger partial charge < -0.3 is 15.1 Å². The van der Waals surface area contributed by atoms with Crippen molar-refractivity contribution in [1.82, 2.24) is 15.2 Å². The van der Waals surface area contributed by atoms with Crippen LogP contribution in [0.5, 0.6) is 0 Å². The van der Waals surface area contributed by atoms with Crippen LogP contribution in [0.1, 0.15) is 6.92 Å². The summed E-state index contributed by atoms with van der Waals surface area (Å²) >= 11 is 1.73. The monoisotopic (exact) mass is 402 g/mol. The molecule has 0 radical (unpaired) electrons. The number of nitrogens with one attached hydrogen (secondary N) is 1. The first kappa shape index (κ1) is 19.5. The second-order valence-corrected chi connectivity index (χ2v) is 7.25. The van der Waals surface area contributed by atoms with E-state index in [0.717, 1.165) is 43.0 Å². The molecule has 2 aromatic heterocycles. The van der Waals surface area contributed by atoms with Gasteiger partial charge in [0.1, 0.15) is 0 Å². The predicted molar refractivity (Wildman–Crippen MR) is 115 cm³/mol. The number of benzene rings is 1. The molecule has 3 heterocycles. The summed E-state index contributed by atoms with van der Waals surface area (Å²) in [7, 11) is 0. The van der Waals surface area contributed by atoms with E-state index in [1.54, 1.807) is 11.3 Å². The van der Waals surface area contributed by atoms with E-state index in [1.165, 1.54) is 10.4 Å². The first-order valence-electron chi connectivity index (χ1n) is 8.97. The van der Waals surface area contributed by atoms with Crippen LogP contribution in [0.3, 0.4) is 0 Å². The lowest BCUT2D eigenvalue weighted by atomic mass is 10.1. The average molecular weight is 403 g/mol. The summed E-state index contributed by atoms with van der Waals surface area (Å²) in [6, 6.07) is 14.6. The van der Waals surface area contributed by atoms with Crippen LogP contribution < -0.4 is 10.2 Å². The van der Waals surface area contributed by atoms with Crippen molar-refractivity contribution in [2.24, 2.45) is 0 Å². The molecule has 0 bridgehead atoms. The second-order valence-electron chi connectivity index (χ2n) is 6.34. The number of piperazine rings is 1. The van der Waals surface area contributed by atoms with Gasteiger partial charge >= 0.3 is 6.03 Å². The minimum atomic E-state index is 0. The molecular formula is C20H23ClN4OS. The summed E-state index contributed by atoms with van der Waals surface area (Å²) in [5.41, 5.74) is 4.39. The Kier molecular flexibility index (Phi) is 6.19. The van der Waals surface area contributed by atoms with Crippen molar-refractivity contribution < 1.29 is 4.79 Å². The number of aromatic nitrogens is 1. The smallest absolute Gasteiger partial charge is 0.317 e. The Morgan fingerprint density at radius 2 is 1.89 bits per heavy atom. The van der Waals surface area contributed by atoms with Gasteiger partial charge in [-0.25, -0.2) is 9.78 Å². The number of halogens is 1. The molecule has 1 N–H and O–H groups in total. The van der Waals surface area contributed by atoms with Gasteiger partial charge in [-0.2, -0.15) is 0 Å². The number of hydrogen-bond donors (Lipinski definition) is 1. The fourth-order valence-electron chi connectivity index (χ4n) is 3.34. The molecule has 142 valence electrons. The Labute approximate surface area is 169 Å². The van der Waals surface area contributed by atoms with E-state index < -0.39 is 0 Å². The molecule has 3 aromatic rings. The molecule has 1 aliphatic heterocycles. The molecular weight excluding hydrogens is 380 g/mol. The summed E-state index contributed by atoms with van der Waals surface area (Å²) in [4.78, 5) is 21.1. The number of anilines is 1. The van der Waals surface area contributed by atoms with E-state index >= 15 is 0 Å². The topological polar surface area (TPSA) is 48.5 Å². The highest BCUT2D eigenvalue weighted by atomic mass is 35.5. The van der Waals surface area contributed by atoms with Crippen molar-refractivity contribution in [3.05, 3.63) is 47.8 Å². The van der Waals surface area contributed by atoms with E-state index in [4.69, 9.17) is 4.98 Å². The third-order valence-corrected chi connectivity index (χ3v) is 5.62. The van der Waals surface area contributed by atoms with Gasteiger partial charge in [0, 0.05) is 38.3 Å². The summed E-state index contributed by atoms with van der Waals surface area (Å²) in [5.74, 6) is 0. The van der Waals surface area contributed by atoms with Crippen molar-refractivity contribution in [3.63, 3.8) is 0 Å². The van der Waals surface area contributed by atoms with Crippen molar-refractivity contribution in [2.75, 3.05) is 37.6 Å². The third-order valence-electron chi connectivity index (χ3n) is 4.70. The lowest BCUT2D eigenvalue weighted by molar-refractivity contribution is 0.195. The maximum Gasteiger partial charge on any atom is 0.317 e. The molecule has 1 saturated heterocycles. The van der Waals surface area contributed by atoms with Crippen LogP contribution >= 0.6 is 23.7 Å². The quantitative estimate of drug-likeness (QED) is 0.712. The van der Waals surface area contributed by atoms with Crippen molar-refractivity contribution in [2.45, 2.75) is 6.92 Å². The number of urea groups is 1. The number of carbonyl (C=O) groups excluding carboxylic acids is 1. The van der Waals surface area contributed by atoms with Crippen molar-refractivity contribution >= 4 is 45.7 Å². The van der Waals surface area contributed by atoms with Crippen LogP contribution in [0.2, 0.25) is 0 Å². The summed E-state index contributed by atoms with van der Waals surface area (Å²) in [6.07, 6.45) is 0. The molecule has 27 heavy (non-hydrogen) atoms. The highest BCUT2D eigenvalue weighted by Gasteiger charge is 2.23. The Balaban J connectivity index is 0.00000210. The van der Waals surface area contributed by atoms with Gasteiger partial charge in [-0.05, 0) is 24.4 Å². The lowest BCUT2D eigenvalue weighted by Crippen LogP contribution is -2.51. The van der Waals surface area contributed by atoms with Crippen LogP contribution in [0.4, 0.5) is 10.5 Å². The Morgan fingerprint density at radius 1 is 1.15 bits per heavy atom. The normalized spacial score (nSPS) is 14.1. The fourth-order valence-corrected chi connectivity index (χ4v) is 4.22. The number of thiophene rings is 1. The maximum atomic E-state index is 12.0. The highest BCUT2D eigenvalue weighted by molar-refractivity contribution is 7.17. The number of nitrogens with zero attached hydrogens (tertiary/aromatic N) is 3. The molecule has 1 aromatic carbocycles. The molecule has 7 heteroatoms. The Morgan fingerprint density at radius 3 is 2.59 bits per heavy atom. The number of carbonyl (C=O) groups is 1. The standard InChI is InChI=1S/C20H22N4OS.ClH/c1-2-21-20(25)24-11-9-23(10-12-24)18-14-17(15-6-4-3-5-7-15)22-16-8-13-26-19(16)18;/h3-8,13-14H,2,9-12H2,1H3,(H,21,25);1H. The van der Waals surface area contributed by atoms with Gasteiger partial charge in [-0.1, -0.05) is 30.3 Å². The minimum Gasteiger partial charge on any atom is -0.367 e. The summed E-state index contributed by atoms with van der Waals surface area (Å²) < 4.78 is 1.22. The van der Waals surface area contributed by atoms with Crippen LogP contribution in [0, 0.1) is 0 Å². The maximum absolute atomic E-state index is 12.0. The second kappa shape index (κ2) is 8.59. The Hall–Kier alpha value is -2.31. The summed E-state index contributed by atoms with van der Waals surface area (Å²) in [6.45, 7) is 5.76. The number of rotatable bonds is 3. The van der Waals surface area contributed by atoms with Crippen molar-refractivity contribution in [1.29, 1.82) is 0 Å². The molecule has 1 aliphatic rings. The first-order chi connectivity index (χ1) is 12.8. The van der Waals surface area contributed by atoms with Gasteiger partial charge in [0.05, 0.1) is 21.6 Å².